The van der Waals surface area contributed by atoms with Crippen molar-refractivity contribution in [3.05, 3.63) is 28.3 Å². The fourth-order valence-corrected chi connectivity index (χ4v) is 6.76. The monoisotopic (exact) mass is 428 g/mol. The molecular weight excluding hydrogens is 400 g/mol. The van der Waals surface area contributed by atoms with E-state index in [1.54, 1.807) is 0 Å². The van der Waals surface area contributed by atoms with Crippen LogP contribution < -0.4 is 5.32 Å². The van der Waals surface area contributed by atoms with Gasteiger partial charge in [-0.05, 0) is 67.8 Å². The molecule has 160 valence electrons. The zero-order chi connectivity index (χ0) is 20.3. The summed E-state index contributed by atoms with van der Waals surface area (Å²) in [7, 11) is 0.756. The largest absolute Gasteiger partial charge is 0.370 e. The standard InChI is InChI=1S/C21H28N6O2S/c1-26-8-9-29-21(11-26)12-27(13-21)30(28)20-23-19(24-25-20)22-18-16-6-2-4-14(16)10-15-5-3-7-17(15)18/h10H,2-9,11-13H2,1H3,(H2,22,23,24,25). The summed E-state index contributed by atoms with van der Waals surface area (Å²) in [5.74, 6) is 0.511. The Hall–Kier alpha value is -1.81. The van der Waals surface area contributed by atoms with Crippen LogP contribution in [0.1, 0.15) is 35.1 Å². The van der Waals surface area contributed by atoms with E-state index in [9.17, 15) is 4.21 Å². The molecule has 6 rings (SSSR count). The third-order valence-corrected chi connectivity index (χ3v) is 8.18. The van der Waals surface area contributed by atoms with Gasteiger partial charge in [-0.2, -0.15) is 4.98 Å². The molecule has 1 unspecified atom stereocenters. The van der Waals surface area contributed by atoms with Crippen molar-refractivity contribution in [2.45, 2.75) is 49.3 Å². The Morgan fingerprint density at radius 2 is 1.87 bits per heavy atom. The second-order valence-electron chi connectivity index (χ2n) is 9.14. The van der Waals surface area contributed by atoms with E-state index in [4.69, 9.17) is 4.74 Å². The summed E-state index contributed by atoms with van der Waals surface area (Å²) in [6.45, 7) is 3.89. The van der Waals surface area contributed by atoms with Crippen molar-refractivity contribution in [2.24, 2.45) is 0 Å². The van der Waals surface area contributed by atoms with Crippen LogP contribution in [0.3, 0.4) is 0 Å². The average Bonchev–Trinajstić information content (AvgIpc) is 3.45. The molecule has 2 N–H and O–H groups in total. The number of nitrogens with zero attached hydrogens (tertiary/aromatic N) is 4. The fourth-order valence-electron chi connectivity index (χ4n) is 5.52. The Kier molecular flexibility index (Phi) is 4.49. The molecule has 0 radical (unpaired) electrons. The molecule has 0 amide bonds. The molecule has 0 bridgehead atoms. The van der Waals surface area contributed by atoms with Gasteiger partial charge >= 0.3 is 0 Å². The number of benzene rings is 1. The van der Waals surface area contributed by atoms with Crippen LogP contribution in [0.4, 0.5) is 11.6 Å². The third kappa shape index (κ3) is 3.10. The van der Waals surface area contributed by atoms with Gasteiger partial charge in [-0.15, -0.1) is 5.10 Å². The molecule has 4 aliphatic rings. The summed E-state index contributed by atoms with van der Waals surface area (Å²) >= 11 is 0. The minimum absolute atomic E-state index is 0.186. The number of likely N-dealkylation sites (N-methyl/N-ethyl adjacent to an activating group) is 1. The van der Waals surface area contributed by atoms with E-state index in [0.717, 1.165) is 45.4 Å². The number of anilines is 2. The van der Waals surface area contributed by atoms with E-state index >= 15 is 0 Å². The summed E-state index contributed by atoms with van der Waals surface area (Å²) in [5.41, 5.74) is 6.81. The van der Waals surface area contributed by atoms with Crippen molar-refractivity contribution < 1.29 is 8.95 Å². The number of rotatable bonds is 4. The number of aryl methyl sites for hydroxylation is 2. The number of morpholine rings is 1. The first-order valence-electron chi connectivity index (χ1n) is 11.0. The Morgan fingerprint density at radius 1 is 1.13 bits per heavy atom. The lowest BCUT2D eigenvalue weighted by atomic mass is 9.95. The van der Waals surface area contributed by atoms with Crippen molar-refractivity contribution in [1.82, 2.24) is 24.4 Å². The molecule has 1 aromatic heterocycles. The topological polar surface area (TPSA) is 86.4 Å². The predicted octanol–water partition coefficient (Wildman–Crippen LogP) is 1.56. The highest BCUT2D eigenvalue weighted by Gasteiger charge is 2.49. The van der Waals surface area contributed by atoms with Gasteiger partial charge in [0.15, 0.2) is 11.0 Å². The maximum atomic E-state index is 13.0. The highest BCUT2D eigenvalue weighted by atomic mass is 32.2. The molecule has 2 aliphatic heterocycles. The molecule has 2 fully saturated rings. The molecule has 1 aromatic carbocycles. The van der Waals surface area contributed by atoms with E-state index in [2.05, 4.69) is 38.5 Å². The van der Waals surface area contributed by atoms with Crippen LogP contribution in [0, 0.1) is 0 Å². The van der Waals surface area contributed by atoms with Gasteiger partial charge in [0.25, 0.3) is 0 Å². The number of nitrogens with one attached hydrogen (secondary N) is 2. The molecule has 8 nitrogen and oxygen atoms in total. The Morgan fingerprint density at radius 3 is 2.57 bits per heavy atom. The lowest BCUT2D eigenvalue weighted by Gasteiger charge is -2.52. The minimum atomic E-state index is -1.35. The maximum Gasteiger partial charge on any atom is 0.247 e. The van der Waals surface area contributed by atoms with Crippen molar-refractivity contribution in [2.75, 3.05) is 45.2 Å². The molecule has 1 atom stereocenters. The van der Waals surface area contributed by atoms with Crippen LogP contribution in [-0.2, 0) is 41.4 Å². The van der Waals surface area contributed by atoms with E-state index in [-0.39, 0.29) is 5.60 Å². The van der Waals surface area contributed by atoms with Gasteiger partial charge in [0, 0.05) is 31.9 Å². The van der Waals surface area contributed by atoms with Gasteiger partial charge in [0.05, 0.1) is 6.61 Å². The number of hydrogen-bond donors (Lipinski definition) is 2. The van der Waals surface area contributed by atoms with Crippen LogP contribution in [-0.4, -0.2) is 74.0 Å². The molecule has 2 aromatic rings. The van der Waals surface area contributed by atoms with Crippen LogP contribution >= 0.6 is 0 Å². The second-order valence-corrected chi connectivity index (χ2v) is 10.5. The summed E-state index contributed by atoms with van der Waals surface area (Å²) < 4.78 is 20.9. The third-order valence-electron chi connectivity index (χ3n) is 6.94. The average molecular weight is 429 g/mol. The first kappa shape index (κ1) is 18.9. The van der Waals surface area contributed by atoms with E-state index < -0.39 is 11.0 Å². The molecular formula is C21H28N6O2S. The van der Waals surface area contributed by atoms with Crippen LogP contribution in [0.2, 0.25) is 0 Å². The zero-order valence-corrected chi connectivity index (χ0v) is 18.2. The van der Waals surface area contributed by atoms with Crippen LogP contribution in [0.25, 0.3) is 0 Å². The normalized spacial score (nSPS) is 23.9. The second kappa shape index (κ2) is 7.12. The maximum absolute atomic E-state index is 13.0. The first-order chi connectivity index (χ1) is 14.6. The molecule has 2 aliphatic carbocycles. The number of ether oxygens (including phenoxy) is 1. The van der Waals surface area contributed by atoms with Crippen molar-refractivity contribution in [3.63, 3.8) is 0 Å². The van der Waals surface area contributed by atoms with Gasteiger partial charge < -0.3 is 15.0 Å². The summed E-state index contributed by atoms with van der Waals surface area (Å²) in [5, 5.41) is 11.1. The fraction of sp³-hybridized carbons (Fsp3) is 0.619. The van der Waals surface area contributed by atoms with Gasteiger partial charge in [-0.1, -0.05) is 6.07 Å². The molecule has 3 heterocycles. The molecule has 30 heavy (non-hydrogen) atoms. The lowest BCUT2D eigenvalue weighted by Crippen LogP contribution is -2.69. The summed E-state index contributed by atoms with van der Waals surface area (Å²) in [4.78, 5) is 6.81. The van der Waals surface area contributed by atoms with Crippen molar-refractivity contribution >= 4 is 22.6 Å². The summed E-state index contributed by atoms with van der Waals surface area (Å²) in [6, 6.07) is 2.42. The highest BCUT2D eigenvalue weighted by molar-refractivity contribution is 7.82. The zero-order valence-electron chi connectivity index (χ0n) is 17.4. The number of hydrogen-bond acceptors (Lipinski definition) is 6. The molecule has 0 saturated carbocycles. The number of aromatic nitrogens is 3. The van der Waals surface area contributed by atoms with E-state index in [0.29, 0.717) is 24.2 Å². The molecule has 2 saturated heterocycles. The first-order valence-corrected chi connectivity index (χ1v) is 12.1. The van der Waals surface area contributed by atoms with Gasteiger partial charge in [-0.25, -0.2) is 13.6 Å². The highest BCUT2D eigenvalue weighted by Crippen LogP contribution is 2.39. The smallest absolute Gasteiger partial charge is 0.247 e. The van der Waals surface area contributed by atoms with Crippen molar-refractivity contribution in [3.8, 4) is 0 Å². The quantitative estimate of drug-likeness (QED) is 0.769. The molecule has 1 spiro atoms. The van der Waals surface area contributed by atoms with Gasteiger partial charge in [0.2, 0.25) is 11.1 Å². The lowest BCUT2D eigenvalue weighted by molar-refractivity contribution is -0.157. The number of fused-ring (bicyclic) bond motifs is 2. The summed E-state index contributed by atoms with van der Waals surface area (Å²) in [6.07, 6.45) is 6.97. The van der Waals surface area contributed by atoms with Crippen LogP contribution in [0.5, 0.6) is 0 Å². The predicted molar refractivity (Wildman–Crippen MR) is 114 cm³/mol. The van der Waals surface area contributed by atoms with Crippen molar-refractivity contribution in [1.29, 1.82) is 0 Å². The van der Waals surface area contributed by atoms with E-state index in [1.807, 2.05) is 4.31 Å². The van der Waals surface area contributed by atoms with Crippen LogP contribution in [0.15, 0.2) is 11.2 Å². The van der Waals surface area contributed by atoms with Gasteiger partial charge in [0.1, 0.15) is 5.60 Å². The SMILES string of the molecule is CN1CCOC2(C1)CN(S(=O)c1nc(Nc3c4c(cc5c3CCC5)CCC4)n[nH]1)C2. The Balaban J connectivity index is 1.18. The number of H-pyrrole nitrogens is 1. The Bertz CT molecular complexity index is 983. The minimum Gasteiger partial charge on any atom is -0.370 e. The van der Waals surface area contributed by atoms with E-state index in [1.165, 1.54) is 40.8 Å². The molecule has 9 heteroatoms. The Labute approximate surface area is 179 Å². The van der Waals surface area contributed by atoms with Gasteiger partial charge in [-0.3, -0.25) is 0 Å². The number of aromatic amines is 1.